The maximum Gasteiger partial charge on any atom is 0.138 e. The second-order valence-electron chi connectivity index (χ2n) is 13.7. The van der Waals surface area contributed by atoms with Crippen molar-refractivity contribution >= 4 is 82.4 Å². The third kappa shape index (κ3) is 4.61. The maximum atomic E-state index is 6.91. The molecule has 0 saturated carbocycles. The summed E-state index contributed by atoms with van der Waals surface area (Å²) >= 11 is 0. The van der Waals surface area contributed by atoms with Crippen molar-refractivity contribution in [3.05, 3.63) is 194 Å². The van der Waals surface area contributed by atoms with Crippen LogP contribution in [0, 0.1) is 0 Å². The minimum atomic E-state index is 0.852. The summed E-state index contributed by atoms with van der Waals surface area (Å²) in [6.45, 7) is 0. The first-order valence-electron chi connectivity index (χ1n) is 18.1. The number of anilines is 3. The van der Waals surface area contributed by atoms with Crippen molar-refractivity contribution in [2.45, 2.75) is 0 Å². The van der Waals surface area contributed by atoms with Crippen molar-refractivity contribution in [1.29, 1.82) is 0 Å². The van der Waals surface area contributed by atoms with Gasteiger partial charge in [0.1, 0.15) is 11.2 Å². The molecule has 0 N–H and O–H groups in total. The van der Waals surface area contributed by atoms with Crippen molar-refractivity contribution in [1.82, 2.24) is 4.57 Å². The van der Waals surface area contributed by atoms with Gasteiger partial charge in [-0.25, -0.2) is 0 Å². The van der Waals surface area contributed by atoms with E-state index in [0.717, 1.165) is 55.8 Å². The fourth-order valence-electron chi connectivity index (χ4n) is 8.39. The molecule has 0 aliphatic rings. The van der Waals surface area contributed by atoms with Crippen molar-refractivity contribution in [3.63, 3.8) is 0 Å². The Bertz CT molecular complexity index is 3170. The van der Waals surface area contributed by atoms with Crippen LogP contribution in [0.5, 0.6) is 0 Å². The number of hydrogen-bond acceptors (Lipinski definition) is 2. The van der Waals surface area contributed by atoms with Crippen LogP contribution in [0.25, 0.3) is 82.1 Å². The number of furan rings is 1. The van der Waals surface area contributed by atoms with Gasteiger partial charge in [-0.1, -0.05) is 133 Å². The van der Waals surface area contributed by atoms with Gasteiger partial charge in [-0.15, -0.1) is 0 Å². The standard InChI is InChI=1S/C50H32N2O/c1-3-17-37(18-4-1)51(39-28-26-33-14-7-8-16-35(33)30-39)45-31-36(32-47-49(45)48-40-21-10-9-15-34(40)27-29-46(48)53-47)41-23-13-24-43-42-22-11-12-25-44(42)52(50(41)43)38-19-5-2-6-20-38/h1-32H. The lowest BCUT2D eigenvalue weighted by molar-refractivity contribution is 0.669. The van der Waals surface area contributed by atoms with Gasteiger partial charge >= 0.3 is 0 Å². The van der Waals surface area contributed by atoms with E-state index in [1.165, 1.54) is 43.4 Å². The molecule has 0 saturated heterocycles. The van der Waals surface area contributed by atoms with Gasteiger partial charge in [-0.2, -0.15) is 0 Å². The molecule has 3 nitrogen and oxygen atoms in total. The smallest absolute Gasteiger partial charge is 0.138 e. The summed E-state index contributed by atoms with van der Waals surface area (Å²) in [5.74, 6) is 0. The molecule has 0 amide bonds. The highest BCUT2D eigenvalue weighted by Crippen LogP contribution is 2.48. The minimum Gasteiger partial charge on any atom is -0.456 e. The molecule has 0 atom stereocenters. The molecule has 11 aromatic rings. The number of para-hydroxylation sites is 4. The molecule has 2 heterocycles. The number of hydrogen-bond donors (Lipinski definition) is 0. The van der Waals surface area contributed by atoms with Crippen molar-refractivity contribution in [3.8, 4) is 16.8 Å². The Morgan fingerprint density at radius 1 is 0.415 bits per heavy atom. The number of benzene rings is 9. The number of fused-ring (bicyclic) bond motifs is 9. The summed E-state index contributed by atoms with van der Waals surface area (Å²) in [6, 6.07) is 69.7. The Kier molecular flexibility index (Phi) is 6.55. The molecule has 0 aliphatic carbocycles. The van der Waals surface area contributed by atoms with Gasteiger partial charge < -0.3 is 13.9 Å². The fourth-order valence-corrected chi connectivity index (χ4v) is 8.39. The van der Waals surface area contributed by atoms with E-state index in [0.29, 0.717) is 0 Å². The Morgan fingerprint density at radius 2 is 1.09 bits per heavy atom. The molecule has 248 valence electrons. The molecule has 11 rings (SSSR count). The first kappa shape index (κ1) is 29.6. The van der Waals surface area contributed by atoms with Crippen LogP contribution in [0.1, 0.15) is 0 Å². The highest BCUT2D eigenvalue weighted by molar-refractivity contribution is 6.24. The topological polar surface area (TPSA) is 21.3 Å². The quantitative estimate of drug-likeness (QED) is 0.181. The van der Waals surface area contributed by atoms with Gasteiger partial charge in [0.15, 0.2) is 0 Å². The zero-order valence-electron chi connectivity index (χ0n) is 28.8. The zero-order chi connectivity index (χ0) is 34.9. The van der Waals surface area contributed by atoms with Gasteiger partial charge in [-0.05, 0) is 87.8 Å². The molecule has 53 heavy (non-hydrogen) atoms. The Morgan fingerprint density at radius 3 is 1.94 bits per heavy atom. The summed E-state index contributed by atoms with van der Waals surface area (Å²) in [5, 5.41) is 9.43. The van der Waals surface area contributed by atoms with E-state index in [2.05, 4.69) is 204 Å². The average molecular weight is 677 g/mol. The lowest BCUT2D eigenvalue weighted by Crippen LogP contribution is -2.10. The van der Waals surface area contributed by atoms with Crippen LogP contribution in [-0.4, -0.2) is 4.57 Å². The monoisotopic (exact) mass is 676 g/mol. The SMILES string of the molecule is c1ccc(N(c2ccc3ccccc3c2)c2cc(-c3cccc4c5ccccc5n(-c5ccccc5)c34)cc3oc4ccc5ccccc5c4c23)cc1. The van der Waals surface area contributed by atoms with Gasteiger partial charge in [-0.3, -0.25) is 0 Å². The van der Waals surface area contributed by atoms with E-state index in [1.54, 1.807) is 0 Å². The molecular weight excluding hydrogens is 645 g/mol. The van der Waals surface area contributed by atoms with E-state index >= 15 is 0 Å². The maximum absolute atomic E-state index is 6.91. The highest BCUT2D eigenvalue weighted by Gasteiger charge is 2.24. The van der Waals surface area contributed by atoms with Gasteiger partial charge in [0.05, 0.1) is 22.1 Å². The molecule has 0 bridgehead atoms. The highest BCUT2D eigenvalue weighted by atomic mass is 16.3. The van der Waals surface area contributed by atoms with Crippen LogP contribution in [0.2, 0.25) is 0 Å². The van der Waals surface area contributed by atoms with Crippen LogP contribution >= 0.6 is 0 Å². The van der Waals surface area contributed by atoms with Crippen molar-refractivity contribution < 1.29 is 4.42 Å². The third-order valence-corrected chi connectivity index (χ3v) is 10.7. The van der Waals surface area contributed by atoms with Crippen LogP contribution in [0.4, 0.5) is 17.1 Å². The normalized spacial score (nSPS) is 11.8. The first-order valence-corrected chi connectivity index (χ1v) is 18.1. The van der Waals surface area contributed by atoms with Crippen LogP contribution in [0.15, 0.2) is 199 Å². The molecule has 9 aromatic carbocycles. The molecule has 0 unspecified atom stereocenters. The third-order valence-electron chi connectivity index (χ3n) is 10.7. The van der Waals surface area contributed by atoms with Gasteiger partial charge in [0.2, 0.25) is 0 Å². The lowest BCUT2D eigenvalue weighted by atomic mass is 9.96. The largest absolute Gasteiger partial charge is 0.456 e. The molecule has 3 heteroatoms. The Labute approximate surface area is 306 Å². The summed E-state index contributed by atoms with van der Waals surface area (Å²) in [4.78, 5) is 2.40. The van der Waals surface area contributed by atoms with E-state index in [1.807, 2.05) is 0 Å². The molecule has 0 aliphatic heterocycles. The zero-order valence-corrected chi connectivity index (χ0v) is 28.8. The molecule has 0 spiro atoms. The van der Waals surface area contributed by atoms with Gasteiger partial charge in [0.25, 0.3) is 0 Å². The first-order chi connectivity index (χ1) is 26.3. The lowest BCUT2D eigenvalue weighted by Gasteiger charge is -2.27. The number of rotatable bonds is 5. The van der Waals surface area contributed by atoms with Crippen LogP contribution in [-0.2, 0) is 0 Å². The predicted molar refractivity (Wildman–Crippen MR) is 223 cm³/mol. The second kappa shape index (κ2) is 11.7. The van der Waals surface area contributed by atoms with Crippen molar-refractivity contribution in [2.75, 3.05) is 4.90 Å². The van der Waals surface area contributed by atoms with E-state index in [4.69, 9.17) is 4.42 Å². The summed E-state index contributed by atoms with van der Waals surface area (Å²) < 4.78 is 9.32. The number of aromatic nitrogens is 1. The average Bonchev–Trinajstić information content (AvgIpc) is 3.78. The summed E-state index contributed by atoms with van der Waals surface area (Å²) in [5.41, 5.74) is 10.7. The molecular formula is C50H32N2O. The molecule has 2 aromatic heterocycles. The Balaban J connectivity index is 1.29. The minimum absolute atomic E-state index is 0.852. The predicted octanol–water partition coefficient (Wildman–Crippen LogP) is 14.1. The van der Waals surface area contributed by atoms with Gasteiger partial charge in [0, 0.05) is 38.8 Å². The van der Waals surface area contributed by atoms with E-state index in [-0.39, 0.29) is 0 Å². The fraction of sp³-hybridized carbons (Fsp3) is 0. The molecule has 0 fully saturated rings. The van der Waals surface area contributed by atoms with Crippen molar-refractivity contribution in [2.24, 2.45) is 0 Å². The Hall–Kier alpha value is -7.10. The van der Waals surface area contributed by atoms with Crippen LogP contribution < -0.4 is 4.90 Å². The summed E-state index contributed by atoms with van der Waals surface area (Å²) in [6.07, 6.45) is 0. The van der Waals surface area contributed by atoms with E-state index in [9.17, 15) is 0 Å². The number of nitrogens with zero attached hydrogens (tertiary/aromatic N) is 2. The second-order valence-corrected chi connectivity index (χ2v) is 13.7. The summed E-state index contributed by atoms with van der Waals surface area (Å²) in [7, 11) is 0. The molecule has 0 radical (unpaired) electrons. The van der Waals surface area contributed by atoms with Crippen LogP contribution in [0.3, 0.4) is 0 Å². The van der Waals surface area contributed by atoms with E-state index < -0.39 is 0 Å².